The number of nitrogens with one attached hydrogen (secondary N) is 2. The fourth-order valence-electron chi connectivity index (χ4n) is 3.61. The molecule has 1 heterocycles. The second kappa shape index (κ2) is 7.91. The van der Waals surface area contributed by atoms with Gasteiger partial charge in [-0.1, -0.05) is 6.07 Å². The standard InChI is InChI=1S/C21H27N3O3S/c1-13-11-14-7-6-8-16(14)19(23-20(25)24-28(5)26)18(13)15-9-10-22-17(12-15)27-21(2,3)4/h9-12H,6-8H2,1-5H3,(H2,23,24,25). The predicted octanol–water partition coefficient (Wildman–Crippen LogP) is 4.14. The van der Waals surface area contributed by atoms with E-state index >= 15 is 0 Å². The van der Waals surface area contributed by atoms with Crippen molar-refractivity contribution >= 4 is 22.7 Å². The molecule has 1 aliphatic rings. The molecule has 2 N–H and O–H groups in total. The molecule has 0 fully saturated rings. The zero-order chi connectivity index (χ0) is 20.5. The van der Waals surface area contributed by atoms with Crippen molar-refractivity contribution < 1.29 is 13.7 Å². The van der Waals surface area contributed by atoms with Crippen LogP contribution >= 0.6 is 0 Å². The minimum atomic E-state index is -1.43. The van der Waals surface area contributed by atoms with E-state index < -0.39 is 17.0 Å². The Labute approximate surface area is 168 Å². The van der Waals surface area contributed by atoms with Crippen LogP contribution in [-0.4, -0.2) is 27.1 Å². The van der Waals surface area contributed by atoms with E-state index in [1.807, 2.05) is 39.8 Å². The number of nitrogens with zero attached hydrogens (tertiary/aromatic N) is 1. The lowest BCUT2D eigenvalue weighted by Gasteiger charge is -2.22. The van der Waals surface area contributed by atoms with Gasteiger partial charge in [0, 0.05) is 24.1 Å². The molecule has 1 atom stereocenters. The summed E-state index contributed by atoms with van der Waals surface area (Å²) in [4.78, 5) is 16.6. The van der Waals surface area contributed by atoms with Crippen LogP contribution in [0.1, 0.15) is 43.9 Å². The summed E-state index contributed by atoms with van der Waals surface area (Å²) in [7, 11) is -1.43. The Bertz CT molecular complexity index is 935. The maximum absolute atomic E-state index is 12.3. The Balaban J connectivity index is 2.09. The maximum Gasteiger partial charge on any atom is 0.331 e. The molecule has 2 amide bonds. The van der Waals surface area contributed by atoms with Crippen molar-refractivity contribution in [2.75, 3.05) is 11.6 Å². The first-order chi connectivity index (χ1) is 13.1. The monoisotopic (exact) mass is 401 g/mol. The molecule has 0 aliphatic heterocycles. The van der Waals surface area contributed by atoms with Crippen LogP contribution in [-0.2, 0) is 23.8 Å². The Morgan fingerprint density at radius 1 is 1.25 bits per heavy atom. The third kappa shape index (κ3) is 4.70. The van der Waals surface area contributed by atoms with E-state index in [0.717, 1.165) is 47.2 Å². The third-order valence-corrected chi connectivity index (χ3v) is 4.98. The number of pyridine rings is 1. The number of benzene rings is 1. The highest BCUT2D eigenvalue weighted by molar-refractivity contribution is 7.82. The Hall–Kier alpha value is -2.41. The van der Waals surface area contributed by atoms with Crippen LogP contribution in [0.15, 0.2) is 24.4 Å². The van der Waals surface area contributed by atoms with E-state index in [2.05, 4.69) is 21.1 Å². The molecule has 7 heteroatoms. The molecule has 3 rings (SSSR count). The normalized spacial score (nSPS) is 14.3. The number of aromatic nitrogens is 1. The van der Waals surface area contributed by atoms with Gasteiger partial charge in [-0.25, -0.2) is 14.0 Å². The lowest BCUT2D eigenvalue weighted by atomic mass is 9.93. The zero-order valence-corrected chi connectivity index (χ0v) is 17.8. The van der Waals surface area contributed by atoms with Crippen LogP contribution < -0.4 is 14.8 Å². The van der Waals surface area contributed by atoms with Crippen LogP contribution in [0.3, 0.4) is 0 Å². The van der Waals surface area contributed by atoms with E-state index in [0.29, 0.717) is 5.88 Å². The fraction of sp³-hybridized carbons (Fsp3) is 0.429. The van der Waals surface area contributed by atoms with E-state index in [1.165, 1.54) is 11.8 Å². The van der Waals surface area contributed by atoms with Crippen molar-refractivity contribution in [1.82, 2.24) is 9.71 Å². The summed E-state index contributed by atoms with van der Waals surface area (Å²) in [6, 6.07) is 5.54. The molecule has 1 aromatic carbocycles. The maximum atomic E-state index is 12.3. The number of amides is 2. The van der Waals surface area contributed by atoms with E-state index in [4.69, 9.17) is 4.74 Å². The number of carbonyl (C=O) groups excluding carboxylic acids is 1. The fourth-order valence-corrected chi connectivity index (χ4v) is 3.92. The number of fused-ring (bicyclic) bond motifs is 1. The van der Waals surface area contributed by atoms with Crippen molar-refractivity contribution in [1.29, 1.82) is 0 Å². The largest absolute Gasteiger partial charge is 0.472 e. The van der Waals surface area contributed by atoms with Gasteiger partial charge in [0.15, 0.2) is 0 Å². The quantitative estimate of drug-likeness (QED) is 0.807. The van der Waals surface area contributed by atoms with Crippen LogP contribution in [0.4, 0.5) is 10.5 Å². The summed E-state index contributed by atoms with van der Waals surface area (Å²) in [6.07, 6.45) is 6.11. The molecule has 150 valence electrons. The highest BCUT2D eigenvalue weighted by atomic mass is 32.2. The second-order valence-corrected chi connectivity index (χ2v) is 9.15. The summed E-state index contributed by atoms with van der Waals surface area (Å²) in [5, 5.41) is 2.94. The summed E-state index contributed by atoms with van der Waals surface area (Å²) in [5.74, 6) is 0.537. The summed E-state index contributed by atoms with van der Waals surface area (Å²) >= 11 is 0. The van der Waals surface area contributed by atoms with E-state index in [9.17, 15) is 9.00 Å². The van der Waals surface area contributed by atoms with Crippen LogP contribution in [0.2, 0.25) is 0 Å². The molecule has 28 heavy (non-hydrogen) atoms. The smallest absolute Gasteiger partial charge is 0.331 e. The lowest BCUT2D eigenvalue weighted by molar-refractivity contribution is 0.124. The summed E-state index contributed by atoms with van der Waals surface area (Å²) < 4.78 is 19.7. The molecule has 6 nitrogen and oxygen atoms in total. The van der Waals surface area contributed by atoms with Gasteiger partial charge in [0.25, 0.3) is 0 Å². The molecule has 1 aromatic heterocycles. The molecule has 1 aliphatic carbocycles. The van der Waals surface area contributed by atoms with Gasteiger partial charge in [-0.2, -0.15) is 0 Å². The van der Waals surface area contributed by atoms with E-state index in [1.54, 1.807) is 6.20 Å². The molecule has 1 unspecified atom stereocenters. The number of hydrogen-bond donors (Lipinski definition) is 2. The summed E-state index contributed by atoms with van der Waals surface area (Å²) in [5.41, 5.74) is 5.77. The van der Waals surface area contributed by atoms with Gasteiger partial charge in [0.05, 0.1) is 5.69 Å². The Morgan fingerprint density at radius 2 is 2.00 bits per heavy atom. The topological polar surface area (TPSA) is 80.3 Å². The number of aryl methyl sites for hydroxylation is 2. The number of anilines is 1. The van der Waals surface area contributed by atoms with E-state index in [-0.39, 0.29) is 5.60 Å². The average molecular weight is 402 g/mol. The molecule has 0 saturated carbocycles. The lowest BCUT2D eigenvalue weighted by Crippen LogP contribution is -2.30. The third-order valence-electron chi connectivity index (χ3n) is 4.51. The average Bonchev–Trinajstić information content (AvgIpc) is 3.00. The molecule has 0 bridgehead atoms. The zero-order valence-electron chi connectivity index (χ0n) is 17.0. The van der Waals surface area contributed by atoms with Gasteiger partial charge >= 0.3 is 6.03 Å². The predicted molar refractivity (Wildman–Crippen MR) is 113 cm³/mol. The SMILES string of the molecule is Cc1cc2c(c(NC(=O)NS(C)=O)c1-c1ccnc(OC(C)(C)C)c1)CCC2. The number of rotatable bonds is 4. The number of hydrogen-bond acceptors (Lipinski definition) is 4. The van der Waals surface area contributed by atoms with Gasteiger partial charge < -0.3 is 10.1 Å². The minimum Gasteiger partial charge on any atom is -0.472 e. The van der Waals surface area contributed by atoms with Crippen molar-refractivity contribution in [3.8, 4) is 17.0 Å². The summed E-state index contributed by atoms with van der Waals surface area (Å²) in [6.45, 7) is 7.97. The highest BCUT2D eigenvalue weighted by Gasteiger charge is 2.23. The number of urea groups is 1. The van der Waals surface area contributed by atoms with Crippen LogP contribution in [0.5, 0.6) is 5.88 Å². The Kier molecular flexibility index (Phi) is 5.74. The molecule has 0 saturated heterocycles. The first-order valence-electron chi connectivity index (χ1n) is 9.36. The first-order valence-corrected chi connectivity index (χ1v) is 10.9. The molecular formula is C21H27N3O3S. The van der Waals surface area contributed by atoms with Gasteiger partial charge in [-0.3, -0.25) is 4.72 Å². The number of ether oxygens (including phenoxy) is 1. The Morgan fingerprint density at radius 3 is 2.68 bits per heavy atom. The van der Waals surface area contributed by atoms with Gasteiger partial charge in [0.1, 0.15) is 16.6 Å². The van der Waals surface area contributed by atoms with Crippen molar-refractivity contribution in [3.05, 3.63) is 41.1 Å². The highest BCUT2D eigenvalue weighted by Crippen LogP contribution is 2.40. The van der Waals surface area contributed by atoms with Gasteiger partial charge in [-0.15, -0.1) is 0 Å². The molecule has 0 radical (unpaired) electrons. The van der Waals surface area contributed by atoms with Crippen molar-refractivity contribution in [2.24, 2.45) is 0 Å². The molecule has 2 aromatic rings. The van der Waals surface area contributed by atoms with Gasteiger partial charge in [-0.05, 0) is 75.3 Å². The molecular weight excluding hydrogens is 374 g/mol. The van der Waals surface area contributed by atoms with Crippen molar-refractivity contribution in [3.63, 3.8) is 0 Å². The van der Waals surface area contributed by atoms with Crippen molar-refractivity contribution in [2.45, 2.75) is 52.6 Å². The second-order valence-electron chi connectivity index (χ2n) is 8.04. The first kappa shape index (κ1) is 20.3. The van der Waals surface area contributed by atoms with Crippen LogP contribution in [0, 0.1) is 6.92 Å². The minimum absolute atomic E-state index is 0.356. The number of carbonyl (C=O) groups is 1. The molecule has 0 spiro atoms. The van der Waals surface area contributed by atoms with Crippen LogP contribution in [0.25, 0.3) is 11.1 Å². The van der Waals surface area contributed by atoms with Gasteiger partial charge in [0.2, 0.25) is 5.88 Å².